The molecule has 1 atom stereocenters. The number of oxazole rings is 1. The quantitative estimate of drug-likeness (QED) is 0.547. The average Bonchev–Trinajstić information content (AvgIpc) is 3.35. The van der Waals surface area contributed by atoms with Crippen LogP contribution in [-0.2, 0) is 6.54 Å². The molecule has 0 aliphatic carbocycles. The maximum atomic E-state index is 12.6. The van der Waals surface area contributed by atoms with Crippen molar-refractivity contribution in [1.29, 1.82) is 0 Å². The molecule has 0 bridgehead atoms. The molecule has 0 radical (unpaired) electrons. The second-order valence-electron chi connectivity index (χ2n) is 6.83. The average molecular weight is 374 g/mol. The molecule has 28 heavy (non-hydrogen) atoms. The number of para-hydroxylation sites is 2. The van der Waals surface area contributed by atoms with Gasteiger partial charge in [-0.2, -0.15) is 0 Å². The number of hydrogen-bond donors (Lipinski definition) is 1. The van der Waals surface area contributed by atoms with E-state index in [2.05, 4.69) is 15.3 Å². The van der Waals surface area contributed by atoms with E-state index in [1.54, 1.807) is 6.33 Å². The highest BCUT2D eigenvalue weighted by Crippen LogP contribution is 2.18. The zero-order valence-electron chi connectivity index (χ0n) is 15.9. The molecule has 0 unspecified atom stereocenters. The van der Waals surface area contributed by atoms with Crippen molar-refractivity contribution < 1.29 is 9.21 Å². The molecule has 4 rings (SSSR count). The summed E-state index contributed by atoms with van der Waals surface area (Å²) >= 11 is 0. The number of fused-ring (bicyclic) bond motifs is 1. The van der Waals surface area contributed by atoms with Crippen molar-refractivity contribution in [3.05, 3.63) is 83.8 Å². The molecule has 2 aromatic carbocycles. The number of imidazole rings is 1. The molecule has 142 valence electrons. The summed E-state index contributed by atoms with van der Waals surface area (Å²) in [5.41, 5.74) is 4.46. The van der Waals surface area contributed by atoms with Gasteiger partial charge in [0.15, 0.2) is 5.69 Å². The number of nitrogens with zero attached hydrogens (tertiary/aromatic N) is 3. The van der Waals surface area contributed by atoms with Crippen LogP contribution in [0.5, 0.6) is 0 Å². The highest BCUT2D eigenvalue weighted by Gasteiger charge is 2.18. The van der Waals surface area contributed by atoms with Gasteiger partial charge in [0.25, 0.3) is 5.91 Å². The predicted molar refractivity (Wildman–Crippen MR) is 107 cm³/mol. The molecule has 0 saturated heterocycles. The third-order valence-electron chi connectivity index (χ3n) is 4.81. The number of hydrogen-bond acceptors (Lipinski definition) is 4. The summed E-state index contributed by atoms with van der Waals surface area (Å²) in [6.07, 6.45) is 3.95. The molecular formula is C22H22N4O2. The minimum atomic E-state index is -0.238. The van der Waals surface area contributed by atoms with E-state index >= 15 is 0 Å². The van der Waals surface area contributed by atoms with E-state index in [-0.39, 0.29) is 17.6 Å². The van der Waals surface area contributed by atoms with Gasteiger partial charge in [0, 0.05) is 0 Å². The van der Waals surface area contributed by atoms with Crippen molar-refractivity contribution in [3.63, 3.8) is 0 Å². The fourth-order valence-corrected chi connectivity index (χ4v) is 3.22. The molecule has 6 nitrogen and oxygen atoms in total. The minimum absolute atomic E-state index is 0.0640. The molecule has 2 heterocycles. The van der Waals surface area contributed by atoms with E-state index in [9.17, 15) is 4.79 Å². The maximum absolute atomic E-state index is 12.6. The summed E-state index contributed by atoms with van der Waals surface area (Å²) in [4.78, 5) is 21.4. The lowest BCUT2D eigenvalue weighted by molar-refractivity contribution is 0.0930. The molecule has 0 spiro atoms. The molecule has 0 aliphatic heterocycles. The monoisotopic (exact) mass is 374 g/mol. The summed E-state index contributed by atoms with van der Waals surface area (Å²) in [6.45, 7) is 4.51. The Morgan fingerprint density at radius 2 is 1.96 bits per heavy atom. The van der Waals surface area contributed by atoms with Crippen LogP contribution in [0.25, 0.3) is 11.0 Å². The van der Waals surface area contributed by atoms with Crippen LogP contribution in [0.4, 0.5) is 0 Å². The van der Waals surface area contributed by atoms with Gasteiger partial charge in [-0.1, -0.05) is 48.9 Å². The number of nitrogens with one attached hydrogen (secondary N) is 1. The van der Waals surface area contributed by atoms with E-state index in [0.29, 0.717) is 12.4 Å². The van der Waals surface area contributed by atoms with Gasteiger partial charge in [-0.3, -0.25) is 4.79 Å². The van der Waals surface area contributed by atoms with Gasteiger partial charge >= 0.3 is 0 Å². The topological polar surface area (TPSA) is 73.0 Å². The minimum Gasteiger partial charge on any atom is -0.446 e. The second-order valence-corrected chi connectivity index (χ2v) is 6.83. The number of aromatic nitrogens is 3. The third-order valence-corrected chi connectivity index (χ3v) is 4.81. The summed E-state index contributed by atoms with van der Waals surface area (Å²) in [5.74, 6) is 0.231. The van der Waals surface area contributed by atoms with E-state index in [0.717, 1.165) is 23.0 Å². The Labute approximate surface area is 163 Å². The number of carbonyl (C=O) groups excluding carboxylic acids is 1. The fraction of sp³-hybridized carbons (Fsp3) is 0.227. The van der Waals surface area contributed by atoms with Gasteiger partial charge in [0.2, 0.25) is 5.89 Å². The molecule has 2 aromatic heterocycles. The first-order chi connectivity index (χ1) is 13.6. The van der Waals surface area contributed by atoms with Crippen molar-refractivity contribution in [2.45, 2.75) is 32.9 Å². The Bertz CT molecular complexity index is 1100. The van der Waals surface area contributed by atoms with Gasteiger partial charge in [-0.05, 0) is 31.0 Å². The van der Waals surface area contributed by atoms with Gasteiger partial charge in [-0.25, -0.2) is 9.97 Å². The molecule has 4 aromatic rings. The molecule has 0 aliphatic rings. The zero-order chi connectivity index (χ0) is 19.5. The van der Waals surface area contributed by atoms with Crippen LogP contribution in [0.2, 0.25) is 0 Å². The first-order valence-corrected chi connectivity index (χ1v) is 9.35. The normalized spacial score (nSPS) is 12.2. The Balaban J connectivity index is 1.47. The lowest BCUT2D eigenvalue weighted by Crippen LogP contribution is -2.28. The number of amides is 1. The number of aryl methyl sites for hydroxylation is 1. The molecule has 0 saturated carbocycles. The van der Waals surface area contributed by atoms with Crippen molar-refractivity contribution in [2.75, 3.05) is 0 Å². The van der Waals surface area contributed by atoms with Crippen LogP contribution in [0.1, 0.15) is 46.9 Å². The first-order valence-electron chi connectivity index (χ1n) is 9.35. The second kappa shape index (κ2) is 7.68. The van der Waals surface area contributed by atoms with E-state index in [1.165, 1.54) is 11.8 Å². The van der Waals surface area contributed by atoms with E-state index in [4.69, 9.17) is 4.42 Å². The van der Waals surface area contributed by atoms with Crippen molar-refractivity contribution >= 4 is 16.9 Å². The van der Waals surface area contributed by atoms with Crippen molar-refractivity contribution in [1.82, 2.24) is 19.9 Å². The van der Waals surface area contributed by atoms with Gasteiger partial charge in [-0.15, -0.1) is 0 Å². The van der Waals surface area contributed by atoms with Crippen LogP contribution < -0.4 is 5.32 Å². The van der Waals surface area contributed by atoms with Gasteiger partial charge in [0.05, 0.1) is 23.4 Å². The highest BCUT2D eigenvalue weighted by molar-refractivity contribution is 5.92. The Morgan fingerprint density at radius 1 is 1.18 bits per heavy atom. The summed E-state index contributed by atoms with van der Waals surface area (Å²) in [7, 11) is 0. The van der Waals surface area contributed by atoms with Crippen LogP contribution in [-0.4, -0.2) is 20.4 Å². The number of rotatable bonds is 6. The van der Waals surface area contributed by atoms with Gasteiger partial charge in [0.1, 0.15) is 12.8 Å². The lowest BCUT2D eigenvalue weighted by Gasteiger charge is -2.16. The van der Waals surface area contributed by atoms with Crippen molar-refractivity contribution in [3.8, 4) is 0 Å². The molecule has 0 fully saturated rings. The Morgan fingerprint density at radius 3 is 2.75 bits per heavy atom. The van der Waals surface area contributed by atoms with Crippen LogP contribution in [0.3, 0.4) is 0 Å². The van der Waals surface area contributed by atoms with Crippen molar-refractivity contribution in [2.24, 2.45) is 0 Å². The zero-order valence-corrected chi connectivity index (χ0v) is 15.9. The van der Waals surface area contributed by atoms with Crippen LogP contribution in [0, 0.1) is 6.92 Å². The van der Waals surface area contributed by atoms with E-state index < -0.39 is 0 Å². The summed E-state index contributed by atoms with van der Waals surface area (Å²) < 4.78 is 7.47. The largest absolute Gasteiger partial charge is 0.446 e. The standard InChI is InChI=1S/C22H22N4O2/c1-3-17(16-10-8-15(2)9-11-16)25-22(27)19-13-28-21(24-19)12-26-14-23-18-6-4-5-7-20(18)26/h4-11,13-14,17H,3,12H2,1-2H3,(H,25,27)/t17-/m0/s1. The maximum Gasteiger partial charge on any atom is 0.273 e. The number of benzene rings is 2. The molecule has 6 heteroatoms. The fourth-order valence-electron chi connectivity index (χ4n) is 3.22. The van der Waals surface area contributed by atoms with Crippen LogP contribution >= 0.6 is 0 Å². The lowest BCUT2D eigenvalue weighted by atomic mass is 10.0. The summed E-state index contributed by atoms with van der Waals surface area (Å²) in [5, 5.41) is 3.04. The summed E-state index contributed by atoms with van der Waals surface area (Å²) in [6, 6.07) is 16.0. The number of carbonyl (C=O) groups is 1. The molecular weight excluding hydrogens is 352 g/mol. The SMILES string of the molecule is CC[C@H](NC(=O)c1coc(Cn2cnc3ccccc32)n1)c1ccc(C)cc1. The smallest absolute Gasteiger partial charge is 0.273 e. The molecule has 1 amide bonds. The Hall–Kier alpha value is -3.41. The first kappa shape index (κ1) is 18.0. The molecule has 1 N–H and O–H groups in total. The van der Waals surface area contributed by atoms with E-state index in [1.807, 2.05) is 66.9 Å². The highest BCUT2D eigenvalue weighted by atomic mass is 16.3. The van der Waals surface area contributed by atoms with Crippen LogP contribution in [0.15, 0.2) is 65.5 Å². The third kappa shape index (κ3) is 3.67. The Kier molecular flexibility index (Phi) is 4.93. The van der Waals surface area contributed by atoms with Gasteiger partial charge < -0.3 is 14.3 Å². The predicted octanol–water partition coefficient (Wildman–Crippen LogP) is 4.26.